The highest BCUT2D eigenvalue weighted by atomic mass is 31.2. The summed E-state index contributed by atoms with van der Waals surface area (Å²) < 4.78 is 17.0. The van der Waals surface area contributed by atoms with Gasteiger partial charge in [0, 0.05) is 18.2 Å². The van der Waals surface area contributed by atoms with Crippen molar-refractivity contribution in [2.75, 3.05) is 20.3 Å². The van der Waals surface area contributed by atoms with E-state index in [0.29, 0.717) is 12.1 Å². The first-order valence-corrected chi connectivity index (χ1v) is 7.46. The highest BCUT2D eigenvalue weighted by Crippen LogP contribution is 2.61. The summed E-state index contributed by atoms with van der Waals surface area (Å²) in [5.74, 6) is 0. The zero-order valence-electron chi connectivity index (χ0n) is 9.44. The summed E-state index contributed by atoms with van der Waals surface area (Å²) in [5, 5.41) is 0. The first kappa shape index (κ1) is 10.7. The molecule has 0 amide bonds. The Kier molecular flexibility index (Phi) is 2.76. The Bertz CT molecular complexity index is 247. The maximum absolute atomic E-state index is 12.7. The fourth-order valence-corrected chi connectivity index (χ4v) is 5.90. The van der Waals surface area contributed by atoms with Gasteiger partial charge in [0.15, 0.2) is 0 Å². The molecule has 0 unspecified atom stereocenters. The van der Waals surface area contributed by atoms with Crippen molar-refractivity contribution in [2.24, 2.45) is 0 Å². The molecule has 3 nitrogen and oxygen atoms in total. The quantitative estimate of drug-likeness (QED) is 0.629. The van der Waals surface area contributed by atoms with Crippen molar-refractivity contribution in [3.63, 3.8) is 0 Å². The molecule has 1 heterocycles. The molecule has 0 aromatic carbocycles. The average molecular weight is 216 g/mol. The predicted octanol–water partition coefficient (Wildman–Crippen LogP) is 2.39. The van der Waals surface area contributed by atoms with Crippen molar-refractivity contribution < 1.29 is 4.57 Å². The van der Waals surface area contributed by atoms with Crippen molar-refractivity contribution in [1.82, 2.24) is 9.34 Å². The Morgan fingerprint density at radius 1 is 1.14 bits per heavy atom. The van der Waals surface area contributed by atoms with Gasteiger partial charge in [-0.15, -0.1) is 0 Å². The van der Waals surface area contributed by atoms with Gasteiger partial charge >= 0.3 is 0 Å². The molecule has 0 N–H and O–H groups in total. The lowest BCUT2D eigenvalue weighted by molar-refractivity contribution is 0.233. The summed E-state index contributed by atoms with van der Waals surface area (Å²) in [4.78, 5) is 0. The van der Waals surface area contributed by atoms with Gasteiger partial charge in [-0.3, -0.25) is 4.57 Å². The van der Waals surface area contributed by atoms with Gasteiger partial charge in [0.25, 0.3) is 0 Å². The third kappa shape index (κ3) is 1.30. The first-order valence-electron chi connectivity index (χ1n) is 5.67. The smallest absolute Gasteiger partial charge is 0.216 e. The molecule has 2 rings (SSSR count). The molecule has 1 aliphatic carbocycles. The van der Waals surface area contributed by atoms with Crippen molar-refractivity contribution >= 4 is 7.44 Å². The molecule has 1 saturated heterocycles. The van der Waals surface area contributed by atoms with E-state index in [1.807, 2.05) is 6.92 Å². The lowest BCUT2D eigenvalue weighted by atomic mass is 9.91. The zero-order chi connectivity index (χ0) is 10.3. The van der Waals surface area contributed by atoms with Gasteiger partial charge in [0.2, 0.25) is 7.44 Å². The number of likely N-dealkylation sites (N-methyl/N-ethyl adjacent to an activating group) is 2. The van der Waals surface area contributed by atoms with Crippen molar-refractivity contribution in [1.29, 1.82) is 0 Å². The molecular formula is C10H21N2OP. The normalized spacial score (nSPS) is 38.5. The van der Waals surface area contributed by atoms with E-state index in [2.05, 4.69) is 23.4 Å². The lowest BCUT2D eigenvalue weighted by Gasteiger charge is -2.28. The van der Waals surface area contributed by atoms with Gasteiger partial charge in [-0.05, 0) is 26.9 Å². The van der Waals surface area contributed by atoms with Crippen molar-refractivity contribution in [2.45, 2.75) is 44.7 Å². The average Bonchev–Trinajstić information content (AvgIpc) is 2.43. The fraction of sp³-hybridized carbons (Fsp3) is 1.00. The van der Waals surface area contributed by atoms with Crippen LogP contribution >= 0.6 is 7.44 Å². The van der Waals surface area contributed by atoms with Crippen LogP contribution in [0, 0.1) is 0 Å². The van der Waals surface area contributed by atoms with Gasteiger partial charge in [-0.25, -0.2) is 9.34 Å². The maximum atomic E-state index is 12.7. The monoisotopic (exact) mass is 216 g/mol. The highest BCUT2D eigenvalue weighted by molar-refractivity contribution is 7.59. The maximum Gasteiger partial charge on any atom is 0.216 e. The van der Waals surface area contributed by atoms with Crippen LogP contribution in [0.1, 0.15) is 32.6 Å². The highest BCUT2D eigenvalue weighted by Gasteiger charge is 2.50. The number of nitrogens with zero attached hydrogens (tertiary/aromatic N) is 2. The lowest BCUT2D eigenvalue weighted by Crippen LogP contribution is -2.37. The molecule has 4 heteroatoms. The minimum atomic E-state index is -2.17. The molecular weight excluding hydrogens is 195 g/mol. The Labute approximate surface area is 86.9 Å². The molecule has 0 spiro atoms. The summed E-state index contributed by atoms with van der Waals surface area (Å²) in [5.41, 5.74) is 0. The van der Waals surface area contributed by atoms with Crippen LogP contribution in [0.5, 0.6) is 0 Å². The van der Waals surface area contributed by atoms with E-state index in [1.54, 1.807) is 0 Å². The molecule has 82 valence electrons. The number of rotatable bonds is 1. The molecule has 1 aliphatic heterocycles. The van der Waals surface area contributed by atoms with Gasteiger partial charge in [-0.1, -0.05) is 19.8 Å². The molecule has 0 radical (unpaired) electrons. The van der Waals surface area contributed by atoms with E-state index >= 15 is 0 Å². The van der Waals surface area contributed by atoms with Crippen LogP contribution in [0.25, 0.3) is 0 Å². The molecule has 2 atom stereocenters. The van der Waals surface area contributed by atoms with E-state index in [1.165, 1.54) is 25.7 Å². The summed E-state index contributed by atoms with van der Waals surface area (Å²) >= 11 is 0. The third-order valence-electron chi connectivity index (χ3n) is 4.05. The second kappa shape index (κ2) is 3.62. The van der Waals surface area contributed by atoms with Gasteiger partial charge in [0.1, 0.15) is 0 Å². The van der Waals surface area contributed by atoms with Gasteiger partial charge < -0.3 is 0 Å². The van der Waals surface area contributed by atoms with Crippen molar-refractivity contribution in [3.05, 3.63) is 0 Å². The summed E-state index contributed by atoms with van der Waals surface area (Å²) in [7, 11) is 1.93. The molecule has 1 saturated carbocycles. The minimum Gasteiger partial charge on any atom is -0.289 e. The topological polar surface area (TPSA) is 23.6 Å². The van der Waals surface area contributed by atoms with Crippen LogP contribution in [0.4, 0.5) is 0 Å². The number of hydrogen-bond donors (Lipinski definition) is 0. The second-order valence-electron chi connectivity index (χ2n) is 4.55. The van der Waals surface area contributed by atoms with E-state index in [-0.39, 0.29) is 0 Å². The third-order valence-corrected chi connectivity index (χ3v) is 7.44. The largest absolute Gasteiger partial charge is 0.289 e. The van der Waals surface area contributed by atoms with Crippen LogP contribution in [0.15, 0.2) is 0 Å². The first-order chi connectivity index (χ1) is 6.61. The van der Waals surface area contributed by atoms with Crippen LogP contribution in [0.2, 0.25) is 0 Å². The number of hydrogen-bond acceptors (Lipinski definition) is 1. The summed E-state index contributed by atoms with van der Waals surface area (Å²) in [6, 6.07) is 1.11. The van der Waals surface area contributed by atoms with E-state index in [9.17, 15) is 4.57 Å². The Hall–Kier alpha value is 0.150. The number of fused-ring (bicyclic) bond motifs is 1. The zero-order valence-corrected chi connectivity index (χ0v) is 10.3. The van der Waals surface area contributed by atoms with Crippen LogP contribution in [-0.2, 0) is 4.57 Å². The molecule has 0 aromatic rings. The standard InChI is InChI=1S/C10H21N2OP/c1-4-14(13)11(2)9-7-5-6-8-10(9)12(14)3/h9-10H,4-8H2,1-3H3/t9-,10-/m1/s1. The Balaban J connectivity index is 2.28. The van der Waals surface area contributed by atoms with E-state index in [0.717, 1.165) is 6.16 Å². The second-order valence-corrected chi connectivity index (χ2v) is 7.77. The Morgan fingerprint density at radius 3 is 1.93 bits per heavy atom. The molecule has 0 bridgehead atoms. The molecule has 14 heavy (non-hydrogen) atoms. The van der Waals surface area contributed by atoms with Crippen LogP contribution in [-0.4, -0.2) is 41.7 Å². The van der Waals surface area contributed by atoms with Crippen LogP contribution < -0.4 is 0 Å². The van der Waals surface area contributed by atoms with Gasteiger partial charge in [0.05, 0.1) is 0 Å². The minimum absolute atomic E-state index is 0.555. The Morgan fingerprint density at radius 2 is 1.57 bits per heavy atom. The molecule has 2 aliphatic rings. The molecule has 2 fully saturated rings. The van der Waals surface area contributed by atoms with E-state index < -0.39 is 7.44 Å². The fourth-order valence-electron chi connectivity index (χ4n) is 3.10. The summed E-state index contributed by atoms with van der Waals surface area (Å²) in [6.07, 6.45) is 5.87. The van der Waals surface area contributed by atoms with Gasteiger partial charge in [-0.2, -0.15) is 0 Å². The van der Waals surface area contributed by atoms with Crippen molar-refractivity contribution in [3.8, 4) is 0 Å². The van der Waals surface area contributed by atoms with Crippen LogP contribution in [0.3, 0.4) is 0 Å². The molecule has 0 aromatic heterocycles. The van der Waals surface area contributed by atoms with E-state index in [4.69, 9.17) is 0 Å². The summed E-state index contributed by atoms with van der Waals surface area (Å²) in [6.45, 7) is 2.05. The SMILES string of the molecule is CCP1(=O)N(C)[C@@H]2CCCC[C@H]2N1C. The predicted molar refractivity (Wildman–Crippen MR) is 59.7 cm³/mol.